The fraction of sp³-hybridized carbons (Fsp3) is 0.182. The average Bonchev–Trinajstić information content (AvgIpc) is 2.19. The van der Waals surface area contributed by atoms with Gasteiger partial charge in [-0.05, 0) is 30.2 Å². The van der Waals surface area contributed by atoms with Gasteiger partial charge in [0.25, 0.3) is 0 Å². The highest BCUT2D eigenvalue weighted by molar-refractivity contribution is 6.30. The fourth-order valence-corrected chi connectivity index (χ4v) is 1.38. The van der Waals surface area contributed by atoms with Gasteiger partial charge in [-0.2, -0.15) is 0 Å². The monoisotopic (exact) mass is 228 g/mol. The third-order valence-electron chi connectivity index (χ3n) is 1.75. The van der Waals surface area contributed by atoms with Crippen LogP contribution >= 0.6 is 23.2 Å². The van der Waals surface area contributed by atoms with E-state index in [2.05, 4.69) is 0 Å². The number of halogens is 2. The summed E-state index contributed by atoms with van der Waals surface area (Å²) in [6.45, 7) is 0. The summed E-state index contributed by atoms with van der Waals surface area (Å²) in [5.41, 5.74) is 1.47. The first kappa shape index (κ1) is 11.3. The molecule has 0 saturated heterocycles. The summed E-state index contributed by atoms with van der Waals surface area (Å²) >= 11 is 11.3. The van der Waals surface area contributed by atoms with Gasteiger partial charge < -0.3 is 0 Å². The summed E-state index contributed by atoms with van der Waals surface area (Å²) < 4.78 is 0. The molecule has 3 heteroatoms. The Labute approximate surface area is 93.3 Å². The van der Waals surface area contributed by atoms with E-state index < -0.39 is 0 Å². The smallest absolute Gasteiger partial charge is 0.150 e. The Morgan fingerprint density at radius 1 is 1.29 bits per heavy atom. The molecule has 1 aromatic rings. The molecule has 0 bridgehead atoms. The van der Waals surface area contributed by atoms with Gasteiger partial charge in [0.15, 0.2) is 6.29 Å². The van der Waals surface area contributed by atoms with E-state index in [4.69, 9.17) is 23.2 Å². The summed E-state index contributed by atoms with van der Waals surface area (Å²) in [6, 6.07) is 5.16. The second-order valence-electron chi connectivity index (χ2n) is 2.77. The van der Waals surface area contributed by atoms with Crippen molar-refractivity contribution in [2.45, 2.75) is 6.42 Å². The van der Waals surface area contributed by atoms with Crippen molar-refractivity contribution in [3.8, 4) is 0 Å². The van der Waals surface area contributed by atoms with Crippen LogP contribution in [0, 0.1) is 0 Å². The van der Waals surface area contributed by atoms with E-state index in [9.17, 15) is 4.79 Å². The van der Waals surface area contributed by atoms with Crippen molar-refractivity contribution < 1.29 is 4.79 Å². The number of rotatable bonds is 4. The molecule has 1 nitrogen and oxygen atoms in total. The van der Waals surface area contributed by atoms with Gasteiger partial charge in [-0.3, -0.25) is 4.79 Å². The van der Waals surface area contributed by atoms with Crippen LogP contribution in [0.1, 0.15) is 22.3 Å². The molecule has 0 aliphatic rings. The molecule has 0 heterocycles. The minimum atomic E-state index is 0.577. The van der Waals surface area contributed by atoms with Crippen LogP contribution in [0.3, 0.4) is 0 Å². The standard InChI is InChI=1S/C11H10Cl2O/c12-6-2-1-3-9-7-11(13)5-4-10(9)8-14/h1,3-5,7-8H,2,6H2. The van der Waals surface area contributed by atoms with Gasteiger partial charge >= 0.3 is 0 Å². The topological polar surface area (TPSA) is 17.1 Å². The van der Waals surface area contributed by atoms with Crippen molar-refractivity contribution in [2.24, 2.45) is 0 Å². The molecule has 1 aromatic carbocycles. The lowest BCUT2D eigenvalue weighted by Gasteiger charge is -1.99. The van der Waals surface area contributed by atoms with Crippen LogP contribution in [-0.2, 0) is 0 Å². The largest absolute Gasteiger partial charge is 0.298 e. The van der Waals surface area contributed by atoms with Crippen LogP contribution < -0.4 is 0 Å². The maximum atomic E-state index is 10.7. The zero-order chi connectivity index (χ0) is 10.4. The van der Waals surface area contributed by atoms with Crippen LogP contribution in [-0.4, -0.2) is 12.2 Å². The molecule has 0 fully saturated rings. The molecule has 0 N–H and O–H groups in total. The third-order valence-corrected chi connectivity index (χ3v) is 2.20. The molecule has 0 amide bonds. The average molecular weight is 229 g/mol. The second-order valence-corrected chi connectivity index (χ2v) is 3.59. The number of hydrogen-bond acceptors (Lipinski definition) is 1. The van der Waals surface area contributed by atoms with E-state index in [0.717, 1.165) is 18.3 Å². The van der Waals surface area contributed by atoms with Gasteiger partial charge in [0.1, 0.15) is 0 Å². The van der Waals surface area contributed by atoms with Gasteiger partial charge in [-0.15, -0.1) is 11.6 Å². The number of allylic oxidation sites excluding steroid dienone is 1. The quantitative estimate of drug-likeness (QED) is 0.567. The van der Waals surface area contributed by atoms with Crippen molar-refractivity contribution in [1.29, 1.82) is 0 Å². The van der Waals surface area contributed by atoms with Crippen molar-refractivity contribution in [3.63, 3.8) is 0 Å². The SMILES string of the molecule is O=Cc1ccc(Cl)cc1C=CCCCl. The van der Waals surface area contributed by atoms with Crippen LogP contribution in [0.25, 0.3) is 6.08 Å². The highest BCUT2D eigenvalue weighted by atomic mass is 35.5. The molecular formula is C11H10Cl2O. The molecule has 0 aliphatic carbocycles. The minimum Gasteiger partial charge on any atom is -0.298 e. The lowest BCUT2D eigenvalue weighted by Crippen LogP contribution is -1.85. The van der Waals surface area contributed by atoms with Gasteiger partial charge in [0.2, 0.25) is 0 Å². The second kappa shape index (κ2) is 5.84. The Bertz CT molecular complexity index is 345. The molecule has 14 heavy (non-hydrogen) atoms. The number of benzene rings is 1. The number of alkyl halides is 1. The lowest BCUT2D eigenvalue weighted by molar-refractivity contribution is 0.112. The summed E-state index contributed by atoms with van der Waals surface area (Å²) in [4.78, 5) is 10.7. The van der Waals surface area contributed by atoms with E-state index in [1.54, 1.807) is 18.2 Å². The zero-order valence-electron chi connectivity index (χ0n) is 7.54. The van der Waals surface area contributed by atoms with Crippen LogP contribution in [0.2, 0.25) is 5.02 Å². The molecule has 1 rings (SSSR count). The molecule has 0 aliphatic heterocycles. The van der Waals surface area contributed by atoms with Crippen molar-refractivity contribution in [2.75, 3.05) is 5.88 Å². The molecule has 0 aromatic heterocycles. The van der Waals surface area contributed by atoms with Gasteiger partial charge in [-0.25, -0.2) is 0 Å². The van der Waals surface area contributed by atoms with E-state index in [-0.39, 0.29) is 0 Å². The number of aldehydes is 1. The molecular weight excluding hydrogens is 219 g/mol. The van der Waals surface area contributed by atoms with Crippen molar-refractivity contribution in [1.82, 2.24) is 0 Å². The van der Waals surface area contributed by atoms with E-state index >= 15 is 0 Å². The Kier molecular flexibility index (Phi) is 4.71. The molecule has 0 spiro atoms. The first-order valence-corrected chi connectivity index (χ1v) is 5.16. The summed E-state index contributed by atoms with van der Waals surface area (Å²) in [6.07, 6.45) is 5.38. The van der Waals surface area contributed by atoms with E-state index in [1.807, 2.05) is 12.2 Å². The first-order valence-electron chi connectivity index (χ1n) is 4.25. The third kappa shape index (κ3) is 3.17. The molecule has 74 valence electrons. The zero-order valence-corrected chi connectivity index (χ0v) is 9.05. The molecule has 0 unspecified atom stereocenters. The summed E-state index contributed by atoms with van der Waals surface area (Å²) in [7, 11) is 0. The molecule has 0 radical (unpaired) electrons. The van der Waals surface area contributed by atoms with Gasteiger partial charge in [-0.1, -0.05) is 23.8 Å². The van der Waals surface area contributed by atoms with E-state index in [1.165, 1.54) is 0 Å². The maximum Gasteiger partial charge on any atom is 0.150 e. The normalized spacial score (nSPS) is 10.7. The summed E-state index contributed by atoms with van der Waals surface area (Å²) in [5, 5.41) is 0.626. The minimum absolute atomic E-state index is 0.577. The molecule has 0 saturated carbocycles. The Morgan fingerprint density at radius 3 is 2.71 bits per heavy atom. The van der Waals surface area contributed by atoms with E-state index in [0.29, 0.717) is 16.5 Å². The van der Waals surface area contributed by atoms with Crippen molar-refractivity contribution in [3.05, 3.63) is 40.4 Å². The number of hydrogen-bond donors (Lipinski definition) is 0. The highest BCUT2D eigenvalue weighted by Crippen LogP contribution is 2.16. The predicted octanol–water partition coefficient (Wildman–Crippen LogP) is 3.79. The maximum absolute atomic E-state index is 10.7. The Hall–Kier alpha value is -0.790. The first-order chi connectivity index (χ1) is 6.77. The lowest BCUT2D eigenvalue weighted by atomic mass is 10.1. The van der Waals surface area contributed by atoms with Gasteiger partial charge in [0.05, 0.1) is 0 Å². The predicted molar refractivity (Wildman–Crippen MR) is 61.2 cm³/mol. The van der Waals surface area contributed by atoms with Crippen LogP contribution in [0.15, 0.2) is 24.3 Å². The number of carbonyl (C=O) groups is 1. The summed E-state index contributed by atoms with van der Waals surface area (Å²) in [5.74, 6) is 0.577. The Morgan fingerprint density at radius 2 is 2.07 bits per heavy atom. The van der Waals surface area contributed by atoms with Gasteiger partial charge in [0, 0.05) is 16.5 Å². The van der Waals surface area contributed by atoms with Crippen LogP contribution in [0.4, 0.5) is 0 Å². The van der Waals surface area contributed by atoms with Crippen LogP contribution in [0.5, 0.6) is 0 Å². The molecule has 0 atom stereocenters. The van der Waals surface area contributed by atoms with Crippen molar-refractivity contribution >= 4 is 35.6 Å². The highest BCUT2D eigenvalue weighted by Gasteiger charge is 1.98. The Balaban J connectivity index is 2.92. The number of carbonyl (C=O) groups excluding carboxylic acids is 1. The fourth-order valence-electron chi connectivity index (χ4n) is 1.07.